The molecule has 0 radical (unpaired) electrons. The summed E-state index contributed by atoms with van der Waals surface area (Å²) < 4.78 is 4.15. The van der Waals surface area contributed by atoms with Gasteiger partial charge < -0.3 is 4.74 Å². The van der Waals surface area contributed by atoms with Gasteiger partial charge >= 0.3 is 0 Å². The molecule has 0 bridgehead atoms. The second-order valence-electron chi connectivity index (χ2n) is 11.7. The molecule has 2 aliphatic rings. The van der Waals surface area contributed by atoms with E-state index in [-0.39, 0.29) is 11.6 Å². The first-order chi connectivity index (χ1) is 15.3. The molecule has 0 aromatic heterocycles. The molecule has 0 aromatic rings. The van der Waals surface area contributed by atoms with Crippen molar-refractivity contribution in [2.24, 2.45) is 17.8 Å². The molecule has 3 unspecified atom stereocenters. The number of carbonyl (C=O) groups is 2. The topological polar surface area (TPSA) is 43.4 Å². The van der Waals surface area contributed by atoms with E-state index < -0.39 is 14.4 Å². The number of carbonyl (C=O) groups excluding carboxylic acids is 2. The number of hydrogen-bond donors (Lipinski definition) is 0. The Morgan fingerprint density at radius 1 is 0.788 bits per heavy atom. The number of rotatable bonds is 12. The highest BCUT2D eigenvalue weighted by molar-refractivity contribution is 9.13. The maximum Gasteiger partial charge on any atom is 0.208 e. The van der Waals surface area contributed by atoms with Crippen LogP contribution in [-0.2, 0) is 14.3 Å². The predicted molar refractivity (Wildman–Crippen MR) is 145 cm³/mol. The molecule has 1 saturated heterocycles. The fraction of sp³-hybridized carbons (Fsp3) is 0.857. The summed E-state index contributed by atoms with van der Waals surface area (Å²) in [5.41, 5.74) is 0.637. The molecule has 1 aliphatic carbocycles. The van der Waals surface area contributed by atoms with Crippen molar-refractivity contribution in [2.45, 2.75) is 134 Å². The number of ether oxygens (including phenoxy) is 1. The lowest BCUT2D eigenvalue weighted by atomic mass is 9.73. The number of hydrogen-bond acceptors (Lipinski definition) is 3. The minimum Gasteiger partial charge on any atom is -0.348 e. The smallest absolute Gasteiger partial charge is 0.208 e. The molecule has 33 heavy (non-hydrogen) atoms. The normalized spacial score (nSPS) is 32.3. The highest BCUT2D eigenvalue weighted by Crippen LogP contribution is 2.56. The summed E-state index contributed by atoms with van der Waals surface area (Å²) in [4.78, 5) is 26.2. The standard InChI is InChI=1S/C28H46Br2O3/c1-19(2)11-8-12-20(3)13-9-14-21(4)15-10-16-26(7)17-18-27(29)24(31)22(5)23(6)25(32)28(27,30)33-26/h19-21H,8-18H2,1-7H3/t20-,21-,26?,27?,28?/m1/s1. The van der Waals surface area contributed by atoms with Gasteiger partial charge in [-0.1, -0.05) is 95.0 Å². The Morgan fingerprint density at radius 3 is 1.82 bits per heavy atom. The average molecular weight is 590 g/mol. The van der Waals surface area contributed by atoms with Crippen molar-refractivity contribution in [1.82, 2.24) is 0 Å². The van der Waals surface area contributed by atoms with Crippen LogP contribution in [0.2, 0.25) is 0 Å². The molecule has 1 fully saturated rings. The molecule has 2 rings (SSSR count). The van der Waals surface area contributed by atoms with E-state index in [1.807, 2.05) is 0 Å². The number of halogens is 2. The van der Waals surface area contributed by atoms with Gasteiger partial charge in [0, 0.05) is 11.1 Å². The minimum absolute atomic E-state index is 0.0365. The summed E-state index contributed by atoms with van der Waals surface area (Å²) in [7, 11) is 0. The van der Waals surface area contributed by atoms with Crippen molar-refractivity contribution >= 4 is 43.4 Å². The van der Waals surface area contributed by atoms with E-state index in [9.17, 15) is 9.59 Å². The van der Waals surface area contributed by atoms with E-state index in [0.717, 1.165) is 31.1 Å². The highest BCUT2D eigenvalue weighted by atomic mass is 79.9. The summed E-state index contributed by atoms with van der Waals surface area (Å²) >= 11 is 7.23. The summed E-state index contributed by atoms with van der Waals surface area (Å²) in [5.74, 6) is 2.20. The molecule has 0 N–H and O–H groups in total. The first-order valence-corrected chi connectivity index (χ1v) is 14.7. The van der Waals surface area contributed by atoms with Crippen molar-refractivity contribution in [2.75, 3.05) is 0 Å². The number of fused-ring (bicyclic) bond motifs is 1. The third-order valence-electron chi connectivity index (χ3n) is 8.07. The van der Waals surface area contributed by atoms with Crippen LogP contribution >= 0.6 is 31.9 Å². The molecular formula is C28H46Br2O3. The molecule has 0 spiro atoms. The van der Waals surface area contributed by atoms with Crippen LogP contribution in [0.4, 0.5) is 0 Å². The average Bonchev–Trinajstić information content (AvgIpc) is 2.73. The second-order valence-corrected chi connectivity index (χ2v) is 14.2. The Labute approximate surface area is 219 Å². The Bertz CT molecular complexity index is 745. The zero-order valence-corrected chi connectivity index (χ0v) is 25.2. The van der Waals surface area contributed by atoms with E-state index in [1.54, 1.807) is 13.8 Å². The van der Waals surface area contributed by atoms with Gasteiger partial charge in [-0.2, -0.15) is 0 Å². The van der Waals surface area contributed by atoms with E-state index in [4.69, 9.17) is 4.74 Å². The van der Waals surface area contributed by atoms with Crippen molar-refractivity contribution in [1.29, 1.82) is 0 Å². The molecule has 3 nitrogen and oxygen atoms in total. The van der Waals surface area contributed by atoms with Gasteiger partial charge in [-0.3, -0.25) is 9.59 Å². The summed E-state index contributed by atoms with van der Waals surface area (Å²) in [6.07, 6.45) is 12.5. The zero-order chi connectivity index (χ0) is 25.0. The molecule has 0 aromatic carbocycles. The summed E-state index contributed by atoms with van der Waals surface area (Å²) in [6, 6.07) is 0. The Kier molecular flexibility index (Phi) is 10.5. The lowest BCUT2D eigenvalue weighted by Gasteiger charge is -2.53. The molecule has 5 atom stereocenters. The fourth-order valence-electron chi connectivity index (χ4n) is 5.41. The Balaban J connectivity index is 1.81. The lowest BCUT2D eigenvalue weighted by molar-refractivity contribution is -0.173. The third-order valence-corrected chi connectivity index (χ3v) is 11.1. The first-order valence-electron chi connectivity index (χ1n) is 13.1. The molecule has 1 aliphatic heterocycles. The van der Waals surface area contributed by atoms with Gasteiger partial charge in [-0.15, -0.1) is 0 Å². The van der Waals surface area contributed by atoms with Gasteiger partial charge in [-0.25, -0.2) is 0 Å². The number of alkyl halides is 2. The summed E-state index contributed by atoms with van der Waals surface area (Å²) in [6.45, 7) is 15.0. The zero-order valence-electron chi connectivity index (χ0n) is 22.0. The van der Waals surface area contributed by atoms with Gasteiger partial charge in [0.05, 0.1) is 5.60 Å². The molecule has 0 amide bonds. The van der Waals surface area contributed by atoms with Crippen LogP contribution < -0.4 is 0 Å². The predicted octanol–water partition coefficient (Wildman–Crippen LogP) is 8.71. The van der Waals surface area contributed by atoms with E-state index in [0.29, 0.717) is 23.5 Å². The van der Waals surface area contributed by atoms with Crippen LogP contribution in [0.25, 0.3) is 0 Å². The van der Waals surface area contributed by atoms with Crippen LogP contribution in [0.5, 0.6) is 0 Å². The van der Waals surface area contributed by atoms with Gasteiger partial charge in [-0.05, 0) is 73.7 Å². The van der Waals surface area contributed by atoms with Crippen molar-refractivity contribution < 1.29 is 14.3 Å². The van der Waals surface area contributed by atoms with Crippen LogP contribution in [0.1, 0.15) is 119 Å². The van der Waals surface area contributed by atoms with Gasteiger partial charge in [0.2, 0.25) is 10.3 Å². The Hall–Kier alpha value is -0.000000000000000167. The third kappa shape index (κ3) is 6.82. The first kappa shape index (κ1) is 29.2. The van der Waals surface area contributed by atoms with Crippen LogP contribution in [0.3, 0.4) is 0 Å². The highest BCUT2D eigenvalue weighted by Gasteiger charge is 2.66. The van der Waals surface area contributed by atoms with E-state index >= 15 is 0 Å². The molecule has 1 heterocycles. The largest absolute Gasteiger partial charge is 0.348 e. The number of Topliss-reactive ketones (excluding diaryl/α,β-unsaturated/α-hetero) is 2. The second kappa shape index (κ2) is 11.8. The quantitative estimate of drug-likeness (QED) is 0.214. The fourth-order valence-corrected chi connectivity index (χ4v) is 7.24. The Morgan fingerprint density at radius 2 is 1.27 bits per heavy atom. The van der Waals surface area contributed by atoms with Crippen molar-refractivity contribution in [3.05, 3.63) is 11.1 Å². The van der Waals surface area contributed by atoms with Crippen molar-refractivity contribution in [3.8, 4) is 0 Å². The van der Waals surface area contributed by atoms with Crippen molar-refractivity contribution in [3.63, 3.8) is 0 Å². The van der Waals surface area contributed by atoms with E-state index in [1.165, 1.54) is 44.9 Å². The van der Waals surface area contributed by atoms with Gasteiger partial charge in [0.25, 0.3) is 0 Å². The molecular weight excluding hydrogens is 544 g/mol. The number of allylic oxidation sites excluding steroid dienone is 1. The maximum absolute atomic E-state index is 13.2. The molecule has 0 saturated carbocycles. The van der Waals surface area contributed by atoms with Gasteiger partial charge in [0.15, 0.2) is 5.78 Å². The molecule has 190 valence electrons. The SMILES string of the molecule is CC1=C(C)C(=O)C2(Br)OC(C)(CCC[C@H](C)CCC[C@H](C)CCCC(C)C)CCC2(Br)C1=O. The van der Waals surface area contributed by atoms with E-state index in [2.05, 4.69) is 66.5 Å². The maximum atomic E-state index is 13.2. The lowest BCUT2D eigenvalue weighted by Crippen LogP contribution is -2.66. The number of ketones is 2. The minimum atomic E-state index is -1.31. The van der Waals surface area contributed by atoms with Crippen LogP contribution in [0.15, 0.2) is 11.1 Å². The molecule has 5 heteroatoms. The monoisotopic (exact) mass is 588 g/mol. The van der Waals surface area contributed by atoms with Crippen LogP contribution in [-0.4, -0.2) is 26.0 Å². The summed E-state index contributed by atoms with van der Waals surface area (Å²) in [5, 5.41) is 0. The van der Waals surface area contributed by atoms with Crippen LogP contribution in [0, 0.1) is 17.8 Å². The van der Waals surface area contributed by atoms with Gasteiger partial charge in [0.1, 0.15) is 4.32 Å².